The molecule has 2 aromatic rings. The summed E-state index contributed by atoms with van der Waals surface area (Å²) in [6.45, 7) is 10.1. The average molecular weight is 363 g/mol. The van der Waals surface area contributed by atoms with Gasteiger partial charge in [-0.2, -0.15) is 5.26 Å². The number of rotatable bonds is 5. The molecule has 1 aliphatic heterocycles. The lowest BCUT2D eigenvalue weighted by atomic mass is 9.78. The Bertz CT molecular complexity index is 826. The van der Waals surface area contributed by atoms with Gasteiger partial charge < -0.3 is 14.0 Å². The minimum atomic E-state index is -0.493. The molecule has 1 saturated heterocycles. The molecule has 0 aromatic heterocycles. The predicted molar refractivity (Wildman–Crippen MR) is 107 cm³/mol. The van der Waals surface area contributed by atoms with Crippen molar-refractivity contribution in [3.05, 3.63) is 59.7 Å². The van der Waals surface area contributed by atoms with E-state index in [2.05, 4.69) is 13.0 Å². The Hall–Kier alpha value is -2.29. The summed E-state index contributed by atoms with van der Waals surface area (Å²) in [5.41, 5.74) is 1.57. The van der Waals surface area contributed by atoms with Gasteiger partial charge in [-0.25, -0.2) is 0 Å². The molecule has 4 nitrogen and oxygen atoms in total. The zero-order valence-corrected chi connectivity index (χ0v) is 16.7. The molecule has 2 aromatic carbocycles. The third-order valence-corrected chi connectivity index (χ3v) is 5.46. The van der Waals surface area contributed by atoms with E-state index in [1.807, 2.05) is 70.2 Å². The maximum absolute atomic E-state index is 9.64. The number of nitrogens with zero attached hydrogens (tertiary/aromatic N) is 1. The monoisotopic (exact) mass is 363 g/mol. The van der Waals surface area contributed by atoms with Crippen molar-refractivity contribution in [3.63, 3.8) is 0 Å². The number of ether oxygens (including phenoxy) is 1. The number of hydrogen-bond acceptors (Lipinski definition) is 4. The van der Waals surface area contributed by atoms with Crippen LogP contribution in [-0.4, -0.2) is 18.3 Å². The van der Waals surface area contributed by atoms with Crippen LogP contribution in [0.5, 0.6) is 5.75 Å². The summed E-state index contributed by atoms with van der Waals surface area (Å²) in [6, 6.07) is 17.8. The molecule has 0 aliphatic carbocycles. The molecule has 3 rings (SSSR count). The third kappa shape index (κ3) is 3.88. The van der Waals surface area contributed by atoms with E-state index in [0.29, 0.717) is 11.3 Å². The highest BCUT2D eigenvalue weighted by atomic mass is 16.7. The van der Waals surface area contributed by atoms with Gasteiger partial charge in [-0.05, 0) is 57.3 Å². The highest BCUT2D eigenvalue weighted by molar-refractivity contribution is 6.62. The van der Waals surface area contributed by atoms with Gasteiger partial charge in [0.05, 0.1) is 16.8 Å². The van der Waals surface area contributed by atoms with Gasteiger partial charge in [-0.1, -0.05) is 43.3 Å². The molecular formula is C22H26BNO3. The van der Waals surface area contributed by atoms with Crippen LogP contribution in [0.2, 0.25) is 0 Å². The quantitative estimate of drug-likeness (QED) is 0.740. The zero-order valence-electron chi connectivity index (χ0n) is 16.7. The number of hydrogen-bond donors (Lipinski definition) is 0. The second-order valence-electron chi connectivity index (χ2n) is 7.88. The first-order valence-electron chi connectivity index (χ1n) is 9.38. The van der Waals surface area contributed by atoms with Crippen LogP contribution in [-0.2, 0) is 9.31 Å². The van der Waals surface area contributed by atoms with Crippen molar-refractivity contribution in [3.8, 4) is 11.8 Å². The van der Waals surface area contributed by atoms with Crippen LogP contribution in [0.25, 0.3) is 0 Å². The van der Waals surface area contributed by atoms with E-state index in [9.17, 15) is 5.26 Å². The van der Waals surface area contributed by atoms with Gasteiger partial charge in [0.1, 0.15) is 17.9 Å². The molecule has 5 heteroatoms. The Morgan fingerprint density at radius 1 is 1.04 bits per heavy atom. The number of nitriles is 1. The fourth-order valence-electron chi connectivity index (χ4n) is 3.07. The van der Waals surface area contributed by atoms with Crippen molar-refractivity contribution in [2.24, 2.45) is 0 Å². The fraction of sp³-hybridized carbons (Fsp3) is 0.409. The Morgan fingerprint density at radius 2 is 1.67 bits per heavy atom. The molecule has 0 N–H and O–H groups in total. The van der Waals surface area contributed by atoms with E-state index < -0.39 is 18.3 Å². The zero-order chi connectivity index (χ0) is 19.7. The van der Waals surface area contributed by atoms with Crippen LogP contribution in [0.15, 0.2) is 48.5 Å². The average Bonchev–Trinajstić information content (AvgIpc) is 2.87. The van der Waals surface area contributed by atoms with Crippen molar-refractivity contribution in [2.45, 2.75) is 58.3 Å². The van der Waals surface area contributed by atoms with Gasteiger partial charge in [0.25, 0.3) is 0 Å². The first-order chi connectivity index (χ1) is 12.8. The van der Waals surface area contributed by atoms with Crippen molar-refractivity contribution in [2.75, 3.05) is 0 Å². The summed E-state index contributed by atoms with van der Waals surface area (Å²) in [4.78, 5) is 0. The third-order valence-electron chi connectivity index (χ3n) is 5.46. The summed E-state index contributed by atoms with van der Waals surface area (Å²) in [5.74, 6) is 0.577. The van der Waals surface area contributed by atoms with Crippen LogP contribution < -0.4 is 10.2 Å². The molecule has 1 heterocycles. The van der Waals surface area contributed by atoms with E-state index in [1.54, 1.807) is 6.07 Å². The lowest BCUT2D eigenvalue weighted by Crippen LogP contribution is -2.41. The molecule has 1 fully saturated rings. The highest BCUT2D eigenvalue weighted by Gasteiger charge is 2.51. The minimum Gasteiger partial charge on any atom is -0.484 e. The minimum absolute atomic E-state index is 0.0963. The van der Waals surface area contributed by atoms with E-state index in [1.165, 1.54) is 0 Å². The van der Waals surface area contributed by atoms with Crippen LogP contribution in [0, 0.1) is 11.3 Å². The molecular weight excluding hydrogens is 337 g/mol. The highest BCUT2D eigenvalue weighted by Crippen LogP contribution is 2.37. The number of benzene rings is 2. The van der Waals surface area contributed by atoms with Gasteiger partial charge in [0, 0.05) is 0 Å². The Labute approximate surface area is 162 Å². The van der Waals surface area contributed by atoms with E-state index >= 15 is 0 Å². The summed E-state index contributed by atoms with van der Waals surface area (Å²) in [6.07, 6.45) is 0.717. The molecule has 0 spiro atoms. The van der Waals surface area contributed by atoms with Gasteiger partial charge in [-0.3, -0.25) is 0 Å². The van der Waals surface area contributed by atoms with Crippen LogP contribution >= 0.6 is 0 Å². The maximum Gasteiger partial charge on any atom is 0.494 e. The van der Waals surface area contributed by atoms with E-state index in [-0.39, 0.29) is 6.10 Å². The molecule has 0 amide bonds. The standard InChI is InChI=1S/C22H26BNO3/c1-6-19(16-10-8-7-9-11-16)25-20-13-12-18(14-17(20)15-24)23-26-21(2,3)22(4,5)27-23/h7-14,19H,6H2,1-5H3. The van der Waals surface area contributed by atoms with E-state index in [0.717, 1.165) is 17.4 Å². The van der Waals surface area contributed by atoms with Gasteiger partial charge in [0.2, 0.25) is 0 Å². The van der Waals surface area contributed by atoms with Gasteiger partial charge >= 0.3 is 7.12 Å². The Balaban J connectivity index is 1.84. The molecule has 1 unspecified atom stereocenters. The van der Waals surface area contributed by atoms with Gasteiger partial charge in [0.15, 0.2) is 0 Å². The van der Waals surface area contributed by atoms with Crippen LogP contribution in [0.4, 0.5) is 0 Å². The molecule has 27 heavy (non-hydrogen) atoms. The summed E-state index contributed by atoms with van der Waals surface area (Å²) >= 11 is 0. The molecule has 1 aliphatic rings. The first-order valence-corrected chi connectivity index (χ1v) is 9.38. The maximum atomic E-state index is 9.64. The predicted octanol–water partition coefficient (Wildman–Crippen LogP) is 4.39. The van der Waals surface area contributed by atoms with E-state index in [4.69, 9.17) is 14.0 Å². The van der Waals surface area contributed by atoms with Crippen molar-refractivity contribution in [1.29, 1.82) is 5.26 Å². The lowest BCUT2D eigenvalue weighted by Gasteiger charge is -2.32. The second kappa shape index (κ2) is 7.38. The Morgan fingerprint density at radius 3 is 2.22 bits per heavy atom. The Kier molecular flexibility index (Phi) is 5.32. The van der Waals surface area contributed by atoms with Gasteiger partial charge in [-0.15, -0.1) is 0 Å². The topological polar surface area (TPSA) is 51.5 Å². The fourth-order valence-corrected chi connectivity index (χ4v) is 3.07. The van der Waals surface area contributed by atoms with Crippen LogP contribution in [0.3, 0.4) is 0 Å². The summed E-state index contributed by atoms with van der Waals surface area (Å²) < 4.78 is 18.3. The smallest absolute Gasteiger partial charge is 0.484 e. The van der Waals surface area contributed by atoms with Crippen molar-refractivity contribution < 1.29 is 14.0 Å². The molecule has 0 bridgehead atoms. The van der Waals surface area contributed by atoms with Crippen LogP contribution in [0.1, 0.15) is 58.3 Å². The normalized spacial score (nSPS) is 18.7. The summed E-state index contributed by atoms with van der Waals surface area (Å²) in [5, 5.41) is 9.64. The molecule has 1 atom stereocenters. The molecule has 0 saturated carbocycles. The van der Waals surface area contributed by atoms with Crippen molar-refractivity contribution in [1.82, 2.24) is 0 Å². The first kappa shape index (κ1) is 19.5. The SMILES string of the molecule is CCC(Oc1ccc(B2OC(C)(C)C(C)(C)O2)cc1C#N)c1ccccc1. The largest absolute Gasteiger partial charge is 0.494 e. The second-order valence-corrected chi connectivity index (χ2v) is 7.88. The van der Waals surface area contributed by atoms with Crippen molar-refractivity contribution >= 4 is 12.6 Å². The lowest BCUT2D eigenvalue weighted by molar-refractivity contribution is 0.00578. The molecule has 0 radical (unpaired) electrons. The molecule has 140 valence electrons. The summed E-state index contributed by atoms with van der Waals surface area (Å²) in [7, 11) is -0.493.